The van der Waals surface area contributed by atoms with Gasteiger partial charge in [-0.2, -0.15) is 0 Å². The number of rotatable bonds is 5. The van der Waals surface area contributed by atoms with Crippen LogP contribution in [0.25, 0.3) is 11.3 Å². The van der Waals surface area contributed by atoms with E-state index in [2.05, 4.69) is 10.5 Å². The van der Waals surface area contributed by atoms with Crippen molar-refractivity contribution in [2.75, 3.05) is 13.2 Å². The molecule has 20 heavy (non-hydrogen) atoms. The lowest BCUT2D eigenvalue weighted by molar-refractivity contribution is 0.0898. The number of amides is 1. The lowest BCUT2D eigenvalue weighted by Gasteiger charge is -2.11. The van der Waals surface area contributed by atoms with Crippen LogP contribution in [-0.2, 0) is 0 Å². The molecule has 2 N–H and O–H groups in total. The van der Waals surface area contributed by atoms with E-state index in [-0.39, 0.29) is 23.7 Å². The summed E-state index contributed by atoms with van der Waals surface area (Å²) in [5.74, 6) is -0.100. The number of carbonyl (C=O) groups is 1. The number of hydrogen-bond donors (Lipinski definition) is 2. The van der Waals surface area contributed by atoms with E-state index in [0.717, 1.165) is 18.4 Å². The molecule has 0 atom stereocenters. The van der Waals surface area contributed by atoms with Gasteiger partial charge in [-0.25, -0.2) is 0 Å². The molecule has 0 bridgehead atoms. The number of aliphatic hydroxyl groups is 1. The second-order valence-electron chi connectivity index (χ2n) is 5.28. The van der Waals surface area contributed by atoms with E-state index >= 15 is 0 Å². The van der Waals surface area contributed by atoms with Crippen LogP contribution in [0.1, 0.15) is 23.4 Å². The largest absolute Gasteiger partial charge is 0.396 e. The molecule has 0 aliphatic heterocycles. The second-order valence-corrected chi connectivity index (χ2v) is 5.28. The predicted octanol–water partition coefficient (Wildman–Crippen LogP) is 1.84. The highest BCUT2D eigenvalue weighted by Crippen LogP contribution is 2.44. The van der Waals surface area contributed by atoms with Crippen LogP contribution in [0.5, 0.6) is 0 Å². The van der Waals surface area contributed by atoms with E-state index < -0.39 is 0 Å². The van der Waals surface area contributed by atoms with Crippen molar-refractivity contribution >= 4 is 5.91 Å². The van der Waals surface area contributed by atoms with Crippen LogP contribution in [0.3, 0.4) is 0 Å². The smallest absolute Gasteiger partial charge is 0.289 e. The van der Waals surface area contributed by atoms with Crippen LogP contribution in [0, 0.1) is 5.41 Å². The summed E-state index contributed by atoms with van der Waals surface area (Å²) in [7, 11) is 0. The summed E-state index contributed by atoms with van der Waals surface area (Å²) in [4.78, 5) is 12.0. The fourth-order valence-electron chi connectivity index (χ4n) is 2.05. The van der Waals surface area contributed by atoms with E-state index in [1.165, 1.54) is 0 Å². The fourth-order valence-corrected chi connectivity index (χ4v) is 2.05. The van der Waals surface area contributed by atoms with Gasteiger partial charge in [0.2, 0.25) is 5.76 Å². The lowest BCUT2D eigenvalue weighted by Crippen LogP contribution is -2.31. The molecule has 1 aromatic heterocycles. The summed E-state index contributed by atoms with van der Waals surface area (Å²) < 4.78 is 5.08. The standard InChI is InChI=1S/C15H16N2O3/c18-10-15(6-7-15)9-16-14(19)13-8-12(17-20-13)11-4-2-1-3-5-11/h1-5,8,18H,6-7,9-10H2,(H,16,19). The Bertz CT molecular complexity index is 603. The highest BCUT2D eigenvalue weighted by molar-refractivity contribution is 5.92. The van der Waals surface area contributed by atoms with Gasteiger partial charge in [-0.3, -0.25) is 4.79 Å². The maximum absolute atomic E-state index is 12.0. The van der Waals surface area contributed by atoms with Gasteiger partial charge >= 0.3 is 0 Å². The molecule has 0 spiro atoms. The average Bonchev–Trinajstić information content (AvgIpc) is 3.12. The molecule has 1 heterocycles. The Morgan fingerprint density at radius 1 is 1.35 bits per heavy atom. The average molecular weight is 272 g/mol. The number of benzene rings is 1. The van der Waals surface area contributed by atoms with Crippen molar-refractivity contribution in [1.29, 1.82) is 0 Å². The molecule has 2 aromatic rings. The summed E-state index contributed by atoms with van der Waals surface area (Å²) in [6.07, 6.45) is 1.91. The van der Waals surface area contributed by atoms with Gasteiger partial charge < -0.3 is 14.9 Å². The first kappa shape index (κ1) is 12.9. The normalized spacial score (nSPS) is 15.8. The summed E-state index contributed by atoms with van der Waals surface area (Å²) >= 11 is 0. The first-order valence-electron chi connectivity index (χ1n) is 6.64. The molecule has 0 radical (unpaired) electrons. The Hall–Kier alpha value is -2.14. The Morgan fingerprint density at radius 3 is 2.75 bits per heavy atom. The van der Waals surface area contributed by atoms with Gasteiger partial charge in [-0.1, -0.05) is 35.5 Å². The summed E-state index contributed by atoms with van der Waals surface area (Å²) in [6, 6.07) is 11.2. The molecular weight excluding hydrogens is 256 g/mol. The molecule has 1 saturated carbocycles. The molecule has 3 rings (SSSR count). The molecule has 1 aromatic carbocycles. The van der Waals surface area contributed by atoms with Crippen molar-refractivity contribution in [3.63, 3.8) is 0 Å². The zero-order chi connectivity index (χ0) is 14.0. The number of nitrogens with one attached hydrogen (secondary N) is 1. The number of hydrogen-bond acceptors (Lipinski definition) is 4. The molecule has 104 valence electrons. The number of aliphatic hydroxyl groups excluding tert-OH is 1. The number of carbonyl (C=O) groups excluding carboxylic acids is 1. The second kappa shape index (κ2) is 5.09. The van der Waals surface area contributed by atoms with Crippen molar-refractivity contribution in [3.8, 4) is 11.3 Å². The SMILES string of the molecule is O=C(NCC1(CO)CC1)c1cc(-c2ccccc2)no1. The van der Waals surface area contributed by atoms with Gasteiger partial charge in [0.05, 0.1) is 6.61 Å². The van der Waals surface area contributed by atoms with Crippen molar-refractivity contribution in [1.82, 2.24) is 10.5 Å². The van der Waals surface area contributed by atoms with Crippen LogP contribution < -0.4 is 5.32 Å². The van der Waals surface area contributed by atoms with Crippen LogP contribution in [0.4, 0.5) is 0 Å². The monoisotopic (exact) mass is 272 g/mol. The van der Waals surface area contributed by atoms with Crippen molar-refractivity contribution < 1.29 is 14.4 Å². The third-order valence-corrected chi connectivity index (χ3v) is 3.72. The number of nitrogens with zero attached hydrogens (tertiary/aromatic N) is 1. The maximum atomic E-state index is 12.0. The minimum Gasteiger partial charge on any atom is -0.396 e. The van der Waals surface area contributed by atoms with E-state index in [0.29, 0.717) is 12.2 Å². The zero-order valence-electron chi connectivity index (χ0n) is 11.0. The number of aromatic nitrogens is 1. The Balaban J connectivity index is 1.66. The van der Waals surface area contributed by atoms with Crippen molar-refractivity contribution in [3.05, 3.63) is 42.2 Å². The quantitative estimate of drug-likeness (QED) is 0.871. The molecule has 1 amide bonds. The topological polar surface area (TPSA) is 75.4 Å². The van der Waals surface area contributed by atoms with Crippen LogP contribution >= 0.6 is 0 Å². The molecule has 1 fully saturated rings. The third-order valence-electron chi connectivity index (χ3n) is 3.72. The van der Waals surface area contributed by atoms with Crippen LogP contribution in [0.2, 0.25) is 0 Å². The Kier molecular flexibility index (Phi) is 3.28. The van der Waals surface area contributed by atoms with Gasteiger partial charge in [0.15, 0.2) is 0 Å². The predicted molar refractivity (Wildman–Crippen MR) is 73.0 cm³/mol. The Labute approximate surface area is 116 Å². The molecule has 1 aliphatic rings. The molecule has 5 nitrogen and oxygen atoms in total. The molecular formula is C15H16N2O3. The van der Waals surface area contributed by atoms with E-state index in [1.807, 2.05) is 30.3 Å². The van der Waals surface area contributed by atoms with Gasteiger partial charge in [0, 0.05) is 23.6 Å². The van der Waals surface area contributed by atoms with Crippen molar-refractivity contribution in [2.24, 2.45) is 5.41 Å². The molecule has 1 aliphatic carbocycles. The van der Waals surface area contributed by atoms with E-state index in [9.17, 15) is 9.90 Å². The minimum atomic E-state index is -0.292. The van der Waals surface area contributed by atoms with Crippen LogP contribution in [0.15, 0.2) is 40.9 Å². The Morgan fingerprint density at radius 2 is 2.10 bits per heavy atom. The van der Waals surface area contributed by atoms with E-state index in [1.54, 1.807) is 6.07 Å². The first-order chi connectivity index (χ1) is 9.72. The first-order valence-corrected chi connectivity index (χ1v) is 6.64. The van der Waals surface area contributed by atoms with Crippen molar-refractivity contribution in [2.45, 2.75) is 12.8 Å². The minimum absolute atomic E-state index is 0.110. The summed E-state index contributed by atoms with van der Waals surface area (Å²) in [6.45, 7) is 0.586. The zero-order valence-corrected chi connectivity index (χ0v) is 11.0. The highest BCUT2D eigenvalue weighted by Gasteiger charge is 2.42. The van der Waals surface area contributed by atoms with E-state index in [4.69, 9.17) is 4.52 Å². The summed E-state index contributed by atoms with van der Waals surface area (Å²) in [5.41, 5.74) is 1.43. The molecule has 5 heteroatoms. The third kappa shape index (κ3) is 2.58. The van der Waals surface area contributed by atoms with Crippen LogP contribution in [-0.4, -0.2) is 29.3 Å². The van der Waals surface area contributed by atoms with Gasteiger partial charge in [-0.15, -0.1) is 0 Å². The molecule has 0 saturated heterocycles. The summed E-state index contributed by atoms with van der Waals surface area (Å²) in [5, 5.41) is 15.9. The lowest BCUT2D eigenvalue weighted by atomic mass is 10.1. The van der Waals surface area contributed by atoms with Gasteiger partial charge in [0.25, 0.3) is 5.91 Å². The maximum Gasteiger partial charge on any atom is 0.289 e. The fraction of sp³-hybridized carbons (Fsp3) is 0.333. The highest BCUT2D eigenvalue weighted by atomic mass is 16.5. The van der Waals surface area contributed by atoms with Gasteiger partial charge in [0.1, 0.15) is 5.69 Å². The van der Waals surface area contributed by atoms with Gasteiger partial charge in [-0.05, 0) is 12.8 Å². The molecule has 0 unspecified atom stereocenters.